The second-order valence-electron chi connectivity index (χ2n) is 4.48. The number of allylic oxidation sites excluding steroid dienone is 2. The molecule has 0 atom stereocenters. The largest absolute Gasteiger partial charge is 0.295 e. The van der Waals surface area contributed by atoms with Gasteiger partial charge in [-0.25, -0.2) is 0 Å². The Balaban J connectivity index is 2.12. The number of ketones is 1. The highest BCUT2D eigenvalue weighted by Crippen LogP contribution is 2.21. The van der Waals surface area contributed by atoms with Crippen molar-refractivity contribution in [3.63, 3.8) is 0 Å². The minimum absolute atomic E-state index is 0.300. The highest BCUT2D eigenvalue weighted by Gasteiger charge is 2.14. The average molecular weight is 205 g/mol. The monoisotopic (exact) mass is 205 g/mol. The lowest BCUT2D eigenvalue weighted by Gasteiger charge is -2.07. The fraction of sp³-hybridized carbons (Fsp3) is 0.692. The second kappa shape index (κ2) is 5.24. The van der Waals surface area contributed by atoms with Crippen LogP contribution >= 0.6 is 0 Å². The normalized spacial score (nSPS) is 23.9. The molecule has 0 N–H and O–H groups in total. The van der Waals surface area contributed by atoms with E-state index in [4.69, 9.17) is 0 Å². The van der Waals surface area contributed by atoms with Crippen LogP contribution in [0.5, 0.6) is 0 Å². The molecule has 2 rings (SSSR count). The summed E-state index contributed by atoms with van der Waals surface area (Å²) in [7, 11) is 0. The number of carbonyl (C=O) groups is 1. The summed E-state index contributed by atoms with van der Waals surface area (Å²) in [6, 6.07) is 0. The van der Waals surface area contributed by atoms with E-state index in [2.05, 4.69) is 4.99 Å². The van der Waals surface area contributed by atoms with Gasteiger partial charge in [0.1, 0.15) is 0 Å². The van der Waals surface area contributed by atoms with Crippen LogP contribution in [0.4, 0.5) is 0 Å². The Morgan fingerprint density at radius 1 is 0.933 bits per heavy atom. The van der Waals surface area contributed by atoms with Crippen molar-refractivity contribution in [3.8, 4) is 0 Å². The molecule has 0 aromatic rings. The highest BCUT2D eigenvalue weighted by molar-refractivity contribution is 6.06. The number of hydrogen-bond donors (Lipinski definition) is 0. The topological polar surface area (TPSA) is 29.4 Å². The molecule has 0 saturated carbocycles. The van der Waals surface area contributed by atoms with Gasteiger partial charge in [0.25, 0.3) is 0 Å². The van der Waals surface area contributed by atoms with Crippen molar-refractivity contribution >= 4 is 11.5 Å². The Bertz CT molecular complexity index is 302. The number of carbonyl (C=O) groups excluding carboxylic acids is 1. The first-order chi connectivity index (χ1) is 7.36. The van der Waals surface area contributed by atoms with E-state index in [9.17, 15) is 4.79 Å². The third kappa shape index (κ3) is 3.01. The molecule has 0 unspecified atom stereocenters. The maximum atomic E-state index is 11.5. The number of aliphatic imine (C=N–C) groups is 1. The van der Waals surface area contributed by atoms with Crippen LogP contribution in [-0.4, -0.2) is 18.0 Å². The zero-order valence-electron chi connectivity index (χ0n) is 9.30. The van der Waals surface area contributed by atoms with E-state index in [1.54, 1.807) is 0 Å². The Morgan fingerprint density at radius 3 is 2.67 bits per heavy atom. The third-order valence-electron chi connectivity index (χ3n) is 3.20. The average Bonchev–Trinajstić information content (AvgIpc) is 2.59. The number of hydrogen-bond acceptors (Lipinski definition) is 2. The summed E-state index contributed by atoms with van der Waals surface area (Å²) in [6.07, 6.45) is 10.7. The highest BCUT2D eigenvalue weighted by atomic mass is 16.1. The molecule has 2 heteroatoms. The van der Waals surface area contributed by atoms with Crippen molar-refractivity contribution in [1.82, 2.24) is 0 Å². The van der Waals surface area contributed by atoms with Gasteiger partial charge < -0.3 is 0 Å². The molecule has 2 aliphatic rings. The zero-order valence-corrected chi connectivity index (χ0v) is 9.30. The van der Waals surface area contributed by atoms with Crippen molar-refractivity contribution in [3.05, 3.63) is 11.6 Å². The summed E-state index contributed by atoms with van der Waals surface area (Å²) < 4.78 is 0. The molecule has 0 bridgehead atoms. The maximum absolute atomic E-state index is 11.5. The number of nitrogens with zero attached hydrogens (tertiary/aromatic N) is 1. The lowest BCUT2D eigenvalue weighted by molar-refractivity contribution is -0.114. The summed E-state index contributed by atoms with van der Waals surface area (Å²) in [6.45, 7) is 0.959. The summed E-state index contributed by atoms with van der Waals surface area (Å²) >= 11 is 0. The van der Waals surface area contributed by atoms with Gasteiger partial charge in [0.05, 0.1) is 0 Å². The van der Waals surface area contributed by atoms with Crippen molar-refractivity contribution in [2.45, 2.75) is 51.4 Å². The molecule has 0 amide bonds. The molecule has 1 aliphatic carbocycles. The van der Waals surface area contributed by atoms with Crippen LogP contribution in [0.15, 0.2) is 16.6 Å². The molecule has 0 aromatic heterocycles. The van der Waals surface area contributed by atoms with Crippen LogP contribution in [0.2, 0.25) is 0 Å². The number of rotatable bonds is 1. The molecule has 0 saturated heterocycles. The molecule has 0 fully saturated rings. The fourth-order valence-electron chi connectivity index (χ4n) is 2.32. The summed E-state index contributed by atoms with van der Waals surface area (Å²) in [4.78, 5) is 16.1. The first-order valence-corrected chi connectivity index (χ1v) is 6.13. The van der Waals surface area contributed by atoms with Crippen LogP contribution in [0.3, 0.4) is 0 Å². The molecule has 2 nitrogen and oxygen atoms in total. The zero-order chi connectivity index (χ0) is 10.5. The van der Waals surface area contributed by atoms with Crippen molar-refractivity contribution in [1.29, 1.82) is 0 Å². The lowest BCUT2D eigenvalue weighted by Crippen LogP contribution is -2.04. The van der Waals surface area contributed by atoms with E-state index < -0.39 is 0 Å². The Morgan fingerprint density at radius 2 is 1.73 bits per heavy atom. The maximum Gasteiger partial charge on any atom is 0.156 e. The van der Waals surface area contributed by atoms with Gasteiger partial charge in [-0.15, -0.1) is 0 Å². The molecular formula is C13H19NO. The fourth-order valence-corrected chi connectivity index (χ4v) is 2.32. The molecule has 0 aromatic carbocycles. The van der Waals surface area contributed by atoms with Gasteiger partial charge in [-0.05, 0) is 50.2 Å². The van der Waals surface area contributed by atoms with Crippen LogP contribution in [0, 0.1) is 0 Å². The lowest BCUT2D eigenvalue weighted by atomic mass is 10.0. The van der Waals surface area contributed by atoms with E-state index in [0.717, 1.165) is 38.6 Å². The van der Waals surface area contributed by atoms with Gasteiger partial charge >= 0.3 is 0 Å². The molecule has 1 heterocycles. The summed E-state index contributed by atoms with van der Waals surface area (Å²) in [5.74, 6) is 0.300. The van der Waals surface area contributed by atoms with Crippen LogP contribution < -0.4 is 0 Å². The molecule has 0 radical (unpaired) electrons. The molecular weight excluding hydrogens is 186 g/mol. The first kappa shape index (κ1) is 10.6. The van der Waals surface area contributed by atoms with E-state index in [1.165, 1.54) is 30.5 Å². The van der Waals surface area contributed by atoms with E-state index >= 15 is 0 Å². The third-order valence-corrected chi connectivity index (χ3v) is 3.20. The quantitative estimate of drug-likeness (QED) is 0.647. The van der Waals surface area contributed by atoms with Gasteiger partial charge in [0.15, 0.2) is 5.78 Å². The predicted octanol–water partition coefficient (Wildman–Crippen LogP) is 3.07. The van der Waals surface area contributed by atoms with Gasteiger partial charge in [0, 0.05) is 18.7 Å². The Hall–Kier alpha value is -0.920. The van der Waals surface area contributed by atoms with Gasteiger partial charge in [-0.2, -0.15) is 0 Å². The van der Waals surface area contributed by atoms with Gasteiger partial charge in [-0.3, -0.25) is 9.79 Å². The SMILES string of the molecule is O=C1C=C(C2=NCCCCC2)CCCC1. The van der Waals surface area contributed by atoms with Crippen LogP contribution in [0.25, 0.3) is 0 Å². The van der Waals surface area contributed by atoms with Crippen LogP contribution in [-0.2, 0) is 4.79 Å². The smallest absolute Gasteiger partial charge is 0.156 e. The Labute approximate surface area is 91.5 Å². The van der Waals surface area contributed by atoms with Gasteiger partial charge in [0.2, 0.25) is 0 Å². The van der Waals surface area contributed by atoms with E-state index in [0.29, 0.717) is 5.78 Å². The summed E-state index contributed by atoms with van der Waals surface area (Å²) in [5.41, 5.74) is 2.46. The van der Waals surface area contributed by atoms with Crippen molar-refractivity contribution in [2.24, 2.45) is 4.99 Å². The first-order valence-electron chi connectivity index (χ1n) is 6.13. The predicted molar refractivity (Wildman–Crippen MR) is 62.3 cm³/mol. The van der Waals surface area contributed by atoms with Crippen molar-refractivity contribution in [2.75, 3.05) is 6.54 Å². The Kier molecular flexibility index (Phi) is 3.70. The van der Waals surface area contributed by atoms with Gasteiger partial charge in [-0.1, -0.05) is 6.42 Å². The van der Waals surface area contributed by atoms with Crippen LogP contribution in [0.1, 0.15) is 51.4 Å². The summed E-state index contributed by atoms with van der Waals surface area (Å²) in [5, 5.41) is 0. The molecule has 1 aliphatic heterocycles. The standard InChI is InChI=1S/C13H19NO/c15-12-7-4-3-6-11(10-12)13-8-2-1-5-9-14-13/h10H,1-9H2. The molecule has 15 heavy (non-hydrogen) atoms. The van der Waals surface area contributed by atoms with Crippen molar-refractivity contribution < 1.29 is 4.79 Å². The van der Waals surface area contributed by atoms with E-state index in [-0.39, 0.29) is 0 Å². The van der Waals surface area contributed by atoms with E-state index in [1.807, 2.05) is 6.08 Å². The minimum Gasteiger partial charge on any atom is -0.295 e. The molecule has 82 valence electrons. The second-order valence-corrected chi connectivity index (χ2v) is 4.48. The minimum atomic E-state index is 0.300. The molecule has 0 spiro atoms.